The Morgan fingerprint density at radius 1 is 0.933 bits per heavy atom. The molecule has 3 aromatic rings. The Labute approximate surface area is 173 Å². The quantitative estimate of drug-likeness (QED) is 0.449. The van der Waals surface area contributed by atoms with Gasteiger partial charge in [0.2, 0.25) is 5.95 Å². The summed E-state index contributed by atoms with van der Waals surface area (Å²) in [6.07, 6.45) is -0.718. The molecule has 0 radical (unpaired) electrons. The highest BCUT2D eigenvalue weighted by Gasteiger charge is 2.35. The van der Waals surface area contributed by atoms with Gasteiger partial charge in [0.25, 0.3) is 0 Å². The zero-order chi connectivity index (χ0) is 21.6. The van der Waals surface area contributed by atoms with E-state index in [0.29, 0.717) is 17.1 Å². The number of anilines is 4. The highest BCUT2D eigenvalue weighted by atomic mass is 19.4. The number of nitrogens with zero attached hydrogens (tertiary/aromatic N) is 2. The van der Waals surface area contributed by atoms with Crippen LogP contribution in [0, 0.1) is 0 Å². The lowest BCUT2D eigenvalue weighted by molar-refractivity contribution is -0.137. The Kier molecular flexibility index (Phi) is 6.76. The molecule has 5 nitrogen and oxygen atoms in total. The van der Waals surface area contributed by atoms with Crippen molar-refractivity contribution in [2.24, 2.45) is 0 Å². The van der Waals surface area contributed by atoms with E-state index in [0.717, 1.165) is 31.0 Å². The fourth-order valence-electron chi connectivity index (χ4n) is 2.82. The average Bonchev–Trinajstić information content (AvgIpc) is 2.73. The predicted molar refractivity (Wildman–Crippen MR) is 112 cm³/mol. The topological polar surface area (TPSA) is 59.1 Å². The van der Waals surface area contributed by atoms with Crippen LogP contribution in [0.3, 0.4) is 0 Å². The van der Waals surface area contributed by atoms with Crippen LogP contribution in [0.25, 0.3) is 0 Å². The third kappa shape index (κ3) is 5.62. The number of alkyl halides is 3. The zero-order valence-corrected chi connectivity index (χ0v) is 16.8. The zero-order valence-electron chi connectivity index (χ0n) is 16.8. The number of aromatic nitrogens is 2. The maximum atomic E-state index is 13.4. The smallest absolute Gasteiger partial charge is 0.421 e. The van der Waals surface area contributed by atoms with Gasteiger partial charge in [0.15, 0.2) is 0 Å². The third-order valence-corrected chi connectivity index (χ3v) is 4.48. The van der Waals surface area contributed by atoms with Crippen LogP contribution in [-0.4, -0.2) is 17.1 Å². The van der Waals surface area contributed by atoms with Crippen LogP contribution >= 0.6 is 0 Å². The molecule has 158 valence electrons. The van der Waals surface area contributed by atoms with Gasteiger partial charge in [-0.25, -0.2) is 4.98 Å². The Bertz CT molecular complexity index is 958. The Hall–Kier alpha value is -3.29. The maximum Gasteiger partial charge on any atom is 0.421 e. The molecule has 0 unspecified atom stereocenters. The average molecular weight is 416 g/mol. The van der Waals surface area contributed by atoms with E-state index in [-0.39, 0.29) is 11.8 Å². The molecule has 3 rings (SSSR count). The number of benzene rings is 2. The van der Waals surface area contributed by atoms with Crippen LogP contribution in [0.5, 0.6) is 5.75 Å². The van der Waals surface area contributed by atoms with Gasteiger partial charge >= 0.3 is 6.18 Å². The number of hydrogen-bond acceptors (Lipinski definition) is 5. The first kappa shape index (κ1) is 21.4. The van der Waals surface area contributed by atoms with Crippen LogP contribution in [0.1, 0.15) is 30.9 Å². The lowest BCUT2D eigenvalue weighted by Gasteiger charge is -2.15. The highest BCUT2D eigenvalue weighted by Crippen LogP contribution is 2.35. The Balaban J connectivity index is 1.83. The molecule has 0 bridgehead atoms. The van der Waals surface area contributed by atoms with Crippen molar-refractivity contribution in [3.05, 3.63) is 65.9 Å². The number of ether oxygens (including phenoxy) is 1. The van der Waals surface area contributed by atoms with E-state index in [4.69, 9.17) is 4.74 Å². The first-order chi connectivity index (χ1) is 14.4. The minimum absolute atomic E-state index is 0.0511. The van der Waals surface area contributed by atoms with E-state index in [1.54, 1.807) is 43.5 Å². The van der Waals surface area contributed by atoms with Crippen LogP contribution < -0.4 is 15.4 Å². The lowest BCUT2D eigenvalue weighted by Crippen LogP contribution is -2.12. The van der Waals surface area contributed by atoms with Gasteiger partial charge in [0.05, 0.1) is 7.11 Å². The summed E-state index contributed by atoms with van der Waals surface area (Å²) in [7, 11) is 1.55. The molecule has 0 aliphatic carbocycles. The molecule has 1 heterocycles. The number of hydrogen-bond donors (Lipinski definition) is 2. The molecule has 30 heavy (non-hydrogen) atoms. The van der Waals surface area contributed by atoms with E-state index in [2.05, 4.69) is 27.5 Å². The van der Waals surface area contributed by atoms with Crippen LogP contribution in [0.2, 0.25) is 0 Å². The van der Waals surface area contributed by atoms with Crippen molar-refractivity contribution >= 4 is 23.1 Å². The number of halogens is 3. The van der Waals surface area contributed by atoms with E-state index in [1.807, 2.05) is 12.1 Å². The molecule has 0 saturated heterocycles. The molecule has 0 saturated carbocycles. The van der Waals surface area contributed by atoms with E-state index >= 15 is 0 Å². The summed E-state index contributed by atoms with van der Waals surface area (Å²) in [5, 5.41) is 5.68. The molecule has 0 atom stereocenters. The second kappa shape index (κ2) is 9.47. The fraction of sp³-hybridized carbons (Fsp3) is 0.273. The van der Waals surface area contributed by atoms with Gasteiger partial charge < -0.3 is 15.4 Å². The number of unbranched alkanes of at least 4 members (excludes halogenated alkanes) is 1. The van der Waals surface area contributed by atoms with Crippen molar-refractivity contribution in [2.75, 3.05) is 17.7 Å². The summed E-state index contributed by atoms with van der Waals surface area (Å²) in [5.41, 5.74) is 1.36. The summed E-state index contributed by atoms with van der Waals surface area (Å²) in [6, 6.07) is 14.2. The summed E-state index contributed by atoms with van der Waals surface area (Å²) < 4.78 is 45.4. The first-order valence-electron chi connectivity index (χ1n) is 9.60. The van der Waals surface area contributed by atoms with Crippen molar-refractivity contribution < 1.29 is 17.9 Å². The van der Waals surface area contributed by atoms with Gasteiger partial charge in [0.1, 0.15) is 17.1 Å². The van der Waals surface area contributed by atoms with E-state index in [1.165, 1.54) is 0 Å². The van der Waals surface area contributed by atoms with Crippen LogP contribution in [0.4, 0.5) is 36.3 Å². The summed E-state index contributed by atoms with van der Waals surface area (Å²) in [6.45, 7) is 2.11. The number of methoxy groups -OCH3 is 1. The molecular weight excluding hydrogens is 393 g/mol. The maximum absolute atomic E-state index is 13.4. The van der Waals surface area contributed by atoms with Gasteiger partial charge in [-0.05, 0) is 54.8 Å². The number of aryl methyl sites for hydroxylation is 1. The normalized spacial score (nSPS) is 11.2. The molecule has 2 N–H and O–H groups in total. The fourth-order valence-corrected chi connectivity index (χ4v) is 2.82. The highest BCUT2D eigenvalue weighted by molar-refractivity contribution is 5.63. The van der Waals surface area contributed by atoms with Crippen molar-refractivity contribution in [2.45, 2.75) is 32.4 Å². The molecular formula is C22H23F3N4O. The second-order valence-corrected chi connectivity index (χ2v) is 6.73. The second-order valence-electron chi connectivity index (χ2n) is 6.73. The SMILES string of the molecule is CCCCc1ccc(Nc2nc(Nc3ccc(OC)cc3)ncc2C(F)(F)F)cc1. The van der Waals surface area contributed by atoms with Crippen molar-refractivity contribution in [1.29, 1.82) is 0 Å². The largest absolute Gasteiger partial charge is 0.497 e. The van der Waals surface area contributed by atoms with Gasteiger partial charge in [-0.15, -0.1) is 0 Å². The minimum Gasteiger partial charge on any atom is -0.497 e. The summed E-state index contributed by atoms with van der Waals surface area (Å²) >= 11 is 0. The van der Waals surface area contributed by atoms with Gasteiger partial charge in [-0.2, -0.15) is 18.2 Å². The Morgan fingerprint density at radius 2 is 1.57 bits per heavy atom. The molecule has 0 aliphatic rings. The Morgan fingerprint density at radius 3 is 2.17 bits per heavy atom. The molecule has 0 spiro atoms. The molecule has 2 aromatic carbocycles. The monoisotopic (exact) mass is 416 g/mol. The van der Waals surface area contributed by atoms with Crippen molar-refractivity contribution in [1.82, 2.24) is 9.97 Å². The molecule has 0 aliphatic heterocycles. The third-order valence-electron chi connectivity index (χ3n) is 4.48. The molecule has 8 heteroatoms. The van der Waals surface area contributed by atoms with Crippen molar-refractivity contribution in [3.63, 3.8) is 0 Å². The minimum atomic E-state index is -4.58. The summed E-state index contributed by atoms with van der Waals surface area (Å²) in [5.74, 6) is 0.406. The lowest BCUT2D eigenvalue weighted by atomic mass is 10.1. The van der Waals surface area contributed by atoms with Gasteiger partial charge in [-0.3, -0.25) is 0 Å². The van der Waals surface area contributed by atoms with Crippen LogP contribution in [-0.2, 0) is 12.6 Å². The number of nitrogens with one attached hydrogen (secondary N) is 2. The molecule has 0 amide bonds. The van der Waals surface area contributed by atoms with Crippen molar-refractivity contribution in [3.8, 4) is 5.75 Å². The van der Waals surface area contributed by atoms with Gasteiger partial charge in [0, 0.05) is 17.6 Å². The van der Waals surface area contributed by atoms with E-state index in [9.17, 15) is 13.2 Å². The first-order valence-corrected chi connectivity index (χ1v) is 9.60. The molecule has 1 aromatic heterocycles. The van der Waals surface area contributed by atoms with Gasteiger partial charge in [-0.1, -0.05) is 25.5 Å². The number of rotatable bonds is 8. The standard InChI is InChI=1S/C22H23F3N4O/c1-3-4-5-15-6-8-16(9-7-15)27-20-19(22(23,24)25)14-26-21(29-20)28-17-10-12-18(30-2)13-11-17/h6-14H,3-5H2,1-2H3,(H2,26,27,28,29). The summed E-state index contributed by atoms with van der Waals surface area (Å²) in [4.78, 5) is 7.88. The predicted octanol–water partition coefficient (Wildman–Crippen LogP) is 6.33. The van der Waals surface area contributed by atoms with E-state index < -0.39 is 11.7 Å². The van der Waals surface area contributed by atoms with Crippen LogP contribution in [0.15, 0.2) is 54.7 Å². The molecule has 0 fully saturated rings.